The third-order valence-corrected chi connectivity index (χ3v) is 3.12. The van der Waals surface area contributed by atoms with Crippen LogP contribution in [0.3, 0.4) is 0 Å². The van der Waals surface area contributed by atoms with Crippen molar-refractivity contribution in [3.8, 4) is 11.5 Å². The van der Waals surface area contributed by atoms with Crippen LogP contribution in [0.4, 0.5) is 5.82 Å². The molecule has 90 valence electrons. The predicted octanol–water partition coefficient (Wildman–Crippen LogP) is 2.40. The monoisotopic (exact) mass is 343 g/mol. The number of rotatable bonds is 4. The molecule has 0 saturated heterocycles. The lowest BCUT2D eigenvalue weighted by Gasteiger charge is -2.08. The lowest BCUT2D eigenvalue weighted by Crippen LogP contribution is -2.06. The molecule has 2 heterocycles. The third kappa shape index (κ3) is 2.56. The summed E-state index contributed by atoms with van der Waals surface area (Å²) in [4.78, 5) is 8.88. The first-order valence-corrected chi connectivity index (χ1v) is 6.62. The van der Waals surface area contributed by atoms with E-state index in [1.54, 1.807) is 6.20 Å². The molecule has 0 aliphatic heterocycles. The summed E-state index contributed by atoms with van der Waals surface area (Å²) in [6.07, 6.45) is 3.60. The molecule has 0 spiro atoms. The van der Waals surface area contributed by atoms with E-state index in [9.17, 15) is 0 Å². The Morgan fingerprint density at radius 2 is 2.24 bits per heavy atom. The van der Waals surface area contributed by atoms with E-state index >= 15 is 0 Å². The van der Waals surface area contributed by atoms with E-state index in [-0.39, 0.29) is 0 Å². The summed E-state index contributed by atoms with van der Waals surface area (Å²) in [5.41, 5.74) is 0.947. The van der Waals surface area contributed by atoms with Gasteiger partial charge in [0.05, 0.1) is 3.57 Å². The predicted molar refractivity (Wildman–Crippen MR) is 75.8 cm³/mol. The fourth-order valence-corrected chi connectivity index (χ4v) is 2.01. The molecule has 0 saturated carbocycles. The summed E-state index contributed by atoms with van der Waals surface area (Å²) in [5, 5.41) is 7.45. The highest BCUT2D eigenvalue weighted by Gasteiger charge is 2.10. The standard InChI is InChI=1S/C11H14IN5/c1-3-13-10-8(12)7-14-11(16-10)9-5-6-15-17(9)4-2/h5-7H,3-4H2,1-2H3,(H,13,14,16). The average Bonchev–Trinajstić information content (AvgIpc) is 2.80. The van der Waals surface area contributed by atoms with Crippen molar-refractivity contribution in [3.05, 3.63) is 22.0 Å². The van der Waals surface area contributed by atoms with E-state index in [1.807, 2.05) is 23.9 Å². The third-order valence-electron chi connectivity index (χ3n) is 2.33. The Bertz CT molecular complexity index is 508. The molecule has 6 heteroatoms. The zero-order valence-corrected chi connectivity index (χ0v) is 12.0. The van der Waals surface area contributed by atoms with E-state index in [1.165, 1.54) is 0 Å². The average molecular weight is 343 g/mol. The second-order valence-corrected chi connectivity index (χ2v) is 4.61. The van der Waals surface area contributed by atoms with Gasteiger partial charge in [-0.2, -0.15) is 5.10 Å². The fourth-order valence-electron chi connectivity index (χ4n) is 1.56. The van der Waals surface area contributed by atoms with Crippen LogP contribution in [0.25, 0.3) is 11.5 Å². The highest BCUT2D eigenvalue weighted by molar-refractivity contribution is 14.1. The van der Waals surface area contributed by atoms with Crippen LogP contribution in [0.15, 0.2) is 18.5 Å². The molecular formula is C11H14IN5. The Hall–Kier alpha value is -1.18. The maximum Gasteiger partial charge on any atom is 0.179 e. The van der Waals surface area contributed by atoms with E-state index in [0.717, 1.165) is 28.2 Å². The molecule has 0 bridgehead atoms. The Kier molecular flexibility index (Phi) is 3.93. The summed E-state index contributed by atoms with van der Waals surface area (Å²) in [6.45, 7) is 5.76. The van der Waals surface area contributed by atoms with E-state index in [2.05, 4.69) is 49.9 Å². The molecule has 17 heavy (non-hydrogen) atoms. The molecule has 2 aromatic rings. The van der Waals surface area contributed by atoms with Crippen LogP contribution in [-0.2, 0) is 6.54 Å². The molecule has 0 fully saturated rings. The molecule has 0 amide bonds. The van der Waals surface area contributed by atoms with Crippen molar-refractivity contribution in [1.82, 2.24) is 19.7 Å². The maximum atomic E-state index is 4.52. The molecule has 1 N–H and O–H groups in total. The molecule has 2 aromatic heterocycles. The number of aryl methyl sites for hydroxylation is 1. The van der Waals surface area contributed by atoms with Crippen molar-refractivity contribution >= 4 is 28.4 Å². The fraction of sp³-hybridized carbons (Fsp3) is 0.364. The number of hydrogen-bond acceptors (Lipinski definition) is 4. The van der Waals surface area contributed by atoms with Gasteiger partial charge in [0.2, 0.25) is 0 Å². The number of aromatic nitrogens is 4. The van der Waals surface area contributed by atoms with Gasteiger partial charge in [-0.25, -0.2) is 9.97 Å². The second-order valence-electron chi connectivity index (χ2n) is 3.45. The summed E-state index contributed by atoms with van der Waals surface area (Å²) < 4.78 is 2.91. The topological polar surface area (TPSA) is 55.6 Å². The summed E-state index contributed by atoms with van der Waals surface area (Å²) in [6, 6.07) is 1.93. The first-order chi connectivity index (χ1) is 8.26. The van der Waals surface area contributed by atoms with Gasteiger partial charge in [-0.15, -0.1) is 0 Å². The van der Waals surface area contributed by atoms with Crippen molar-refractivity contribution in [2.75, 3.05) is 11.9 Å². The number of hydrogen-bond donors (Lipinski definition) is 1. The van der Waals surface area contributed by atoms with Crippen molar-refractivity contribution in [2.45, 2.75) is 20.4 Å². The van der Waals surface area contributed by atoms with Crippen LogP contribution in [0.1, 0.15) is 13.8 Å². The Morgan fingerprint density at radius 3 is 2.94 bits per heavy atom. The smallest absolute Gasteiger partial charge is 0.179 e. The zero-order chi connectivity index (χ0) is 12.3. The Labute approximate surface area is 114 Å². The minimum atomic E-state index is 0.709. The van der Waals surface area contributed by atoms with Gasteiger partial charge in [0.15, 0.2) is 5.82 Å². The SMILES string of the molecule is CCNc1nc(-c2ccnn2CC)ncc1I. The summed E-state index contributed by atoms with van der Waals surface area (Å²) in [7, 11) is 0. The molecule has 2 rings (SSSR count). The van der Waals surface area contributed by atoms with E-state index < -0.39 is 0 Å². The molecule has 0 aromatic carbocycles. The van der Waals surface area contributed by atoms with Gasteiger partial charge in [-0.05, 0) is 42.5 Å². The van der Waals surface area contributed by atoms with Gasteiger partial charge in [0.25, 0.3) is 0 Å². The Balaban J connectivity index is 2.42. The van der Waals surface area contributed by atoms with Gasteiger partial charge < -0.3 is 5.32 Å². The number of nitrogens with zero attached hydrogens (tertiary/aromatic N) is 4. The molecule has 0 unspecified atom stereocenters. The van der Waals surface area contributed by atoms with Crippen molar-refractivity contribution in [2.24, 2.45) is 0 Å². The van der Waals surface area contributed by atoms with Crippen LogP contribution in [0.5, 0.6) is 0 Å². The zero-order valence-electron chi connectivity index (χ0n) is 9.81. The van der Waals surface area contributed by atoms with Gasteiger partial charge in [-0.1, -0.05) is 0 Å². The molecular weight excluding hydrogens is 329 g/mol. The largest absolute Gasteiger partial charge is 0.369 e. The number of halogens is 1. The second kappa shape index (κ2) is 5.44. The van der Waals surface area contributed by atoms with Gasteiger partial charge in [0.1, 0.15) is 11.5 Å². The summed E-state index contributed by atoms with van der Waals surface area (Å²) >= 11 is 2.23. The maximum absolute atomic E-state index is 4.52. The summed E-state index contributed by atoms with van der Waals surface area (Å²) in [5.74, 6) is 1.59. The molecule has 0 aliphatic carbocycles. The number of nitrogens with one attached hydrogen (secondary N) is 1. The van der Waals surface area contributed by atoms with E-state index in [0.29, 0.717) is 5.82 Å². The Morgan fingerprint density at radius 1 is 1.41 bits per heavy atom. The highest BCUT2D eigenvalue weighted by atomic mass is 127. The first-order valence-electron chi connectivity index (χ1n) is 5.54. The highest BCUT2D eigenvalue weighted by Crippen LogP contribution is 2.20. The van der Waals surface area contributed by atoms with Gasteiger partial charge in [-0.3, -0.25) is 4.68 Å². The normalized spacial score (nSPS) is 10.5. The molecule has 0 atom stereocenters. The minimum absolute atomic E-state index is 0.709. The van der Waals surface area contributed by atoms with Crippen LogP contribution in [-0.4, -0.2) is 26.3 Å². The van der Waals surface area contributed by atoms with Crippen LogP contribution < -0.4 is 5.32 Å². The van der Waals surface area contributed by atoms with Gasteiger partial charge in [0, 0.05) is 25.5 Å². The van der Waals surface area contributed by atoms with Crippen LogP contribution in [0.2, 0.25) is 0 Å². The molecule has 5 nitrogen and oxygen atoms in total. The molecule has 0 aliphatic rings. The van der Waals surface area contributed by atoms with Crippen molar-refractivity contribution in [3.63, 3.8) is 0 Å². The minimum Gasteiger partial charge on any atom is -0.369 e. The van der Waals surface area contributed by atoms with E-state index in [4.69, 9.17) is 0 Å². The van der Waals surface area contributed by atoms with Crippen molar-refractivity contribution < 1.29 is 0 Å². The lowest BCUT2D eigenvalue weighted by atomic mass is 10.4. The number of anilines is 1. The van der Waals surface area contributed by atoms with Crippen LogP contribution >= 0.6 is 22.6 Å². The van der Waals surface area contributed by atoms with Crippen molar-refractivity contribution in [1.29, 1.82) is 0 Å². The quantitative estimate of drug-likeness (QED) is 0.867. The molecule has 0 radical (unpaired) electrons. The van der Waals surface area contributed by atoms with Gasteiger partial charge >= 0.3 is 0 Å². The first kappa shape index (κ1) is 12.3. The lowest BCUT2D eigenvalue weighted by molar-refractivity contribution is 0.664. The van der Waals surface area contributed by atoms with Crippen LogP contribution in [0, 0.1) is 3.57 Å².